The fourth-order valence-electron chi connectivity index (χ4n) is 2.48. The molecule has 0 fully saturated rings. The molecule has 0 amide bonds. The maximum absolute atomic E-state index is 12.9. The first kappa shape index (κ1) is 16.4. The van der Waals surface area contributed by atoms with E-state index in [-0.39, 0.29) is 12.2 Å². The van der Waals surface area contributed by atoms with Crippen LogP contribution < -0.4 is 0 Å². The number of halogens is 1. The van der Waals surface area contributed by atoms with Crippen molar-refractivity contribution in [2.24, 2.45) is 4.99 Å². The lowest BCUT2D eigenvalue weighted by atomic mass is 9.99. The molecule has 0 aliphatic carbocycles. The van der Waals surface area contributed by atoms with E-state index in [1.807, 2.05) is 13.0 Å². The normalized spacial score (nSPS) is 18.7. The van der Waals surface area contributed by atoms with E-state index in [1.165, 1.54) is 0 Å². The molecule has 1 aliphatic heterocycles. The molecule has 0 aromatic heterocycles. The standard InChI is InChI=1S/C19H16ClNO3/c1-2-6-16(22)24-19(18(23)14-7-4-3-5-8-14)17(21-19)13-9-11-15(20)12-10-13/h3-5,7-12H,2,6H2,1H3. The monoisotopic (exact) mass is 341 g/mol. The van der Waals surface area contributed by atoms with Crippen LogP contribution in [-0.4, -0.2) is 23.2 Å². The summed E-state index contributed by atoms with van der Waals surface area (Å²) in [6.45, 7) is 1.88. The molecule has 1 atom stereocenters. The summed E-state index contributed by atoms with van der Waals surface area (Å²) in [7, 11) is 0. The number of esters is 1. The summed E-state index contributed by atoms with van der Waals surface area (Å²) in [5.74, 6) is -0.771. The molecule has 0 bridgehead atoms. The fraction of sp³-hybridized carbons (Fsp3) is 0.211. The average molecular weight is 342 g/mol. The van der Waals surface area contributed by atoms with Gasteiger partial charge in [0.1, 0.15) is 5.71 Å². The molecule has 1 aliphatic rings. The van der Waals surface area contributed by atoms with Crippen LogP contribution in [0.1, 0.15) is 35.7 Å². The molecule has 1 heterocycles. The maximum atomic E-state index is 12.9. The zero-order chi connectivity index (χ0) is 17.2. The Morgan fingerprint density at radius 3 is 2.38 bits per heavy atom. The van der Waals surface area contributed by atoms with Gasteiger partial charge in [-0.1, -0.05) is 61.0 Å². The molecule has 0 saturated carbocycles. The Bertz CT molecular complexity index is 799. The first-order valence-electron chi connectivity index (χ1n) is 7.75. The maximum Gasteiger partial charge on any atom is 0.310 e. The van der Waals surface area contributed by atoms with Crippen LogP contribution in [0, 0.1) is 0 Å². The number of benzene rings is 2. The van der Waals surface area contributed by atoms with Gasteiger partial charge in [0.25, 0.3) is 0 Å². The highest BCUT2D eigenvalue weighted by molar-refractivity contribution is 6.34. The van der Waals surface area contributed by atoms with Gasteiger partial charge in [0, 0.05) is 22.6 Å². The van der Waals surface area contributed by atoms with Gasteiger partial charge < -0.3 is 4.74 Å². The van der Waals surface area contributed by atoms with Crippen molar-refractivity contribution in [3.63, 3.8) is 0 Å². The smallest absolute Gasteiger partial charge is 0.310 e. The molecule has 3 rings (SSSR count). The van der Waals surface area contributed by atoms with Gasteiger partial charge in [-0.2, -0.15) is 0 Å². The Labute approximate surface area is 145 Å². The van der Waals surface area contributed by atoms with Crippen LogP contribution in [0.2, 0.25) is 5.02 Å². The zero-order valence-corrected chi connectivity index (χ0v) is 13.9. The van der Waals surface area contributed by atoms with Crippen LogP contribution in [-0.2, 0) is 9.53 Å². The Morgan fingerprint density at radius 1 is 1.08 bits per heavy atom. The second-order valence-corrected chi connectivity index (χ2v) is 5.97. The van der Waals surface area contributed by atoms with Crippen molar-refractivity contribution in [1.82, 2.24) is 0 Å². The average Bonchev–Trinajstić information content (AvgIpc) is 3.31. The van der Waals surface area contributed by atoms with Gasteiger partial charge in [-0.05, 0) is 18.6 Å². The molecule has 0 saturated heterocycles. The van der Waals surface area contributed by atoms with Crippen LogP contribution >= 0.6 is 11.6 Å². The van der Waals surface area contributed by atoms with E-state index in [1.54, 1.807) is 48.5 Å². The summed E-state index contributed by atoms with van der Waals surface area (Å²) in [5, 5.41) is 0.586. The second kappa shape index (κ2) is 6.57. The largest absolute Gasteiger partial charge is 0.423 e. The minimum Gasteiger partial charge on any atom is -0.423 e. The third-order valence-corrected chi connectivity index (χ3v) is 3.97. The molecule has 4 nitrogen and oxygen atoms in total. The van der Waals surface area contributed by atoms with Gasteiger partial charge in [-0.15, -0.1) is 0 Å². The van der Waals surface area contributed by atoms with Crippen molar-refractivity contribution in [1.29, 1.82) is 0 Å². The molecular formula is C19H16ClNO3. The van der Waals surface area contributed by atoms with Crippen molar-refractivity contribution in [2.45, 2.75) is 25.5 Å². The number of carbonyl (C=O) groups is 2. The van der Waals surface area contributed by atoms with E-state index in [4.69, 9.17) is 16.3 Å². The number of hydrogen-bond acceptors (Lipinski definition) is 4. The number of hydrogen-bond donors (Lipinski definition) is 0. The van der Waals surface area contributed by atoms with E-state index in [0.29, 0.717) is 28.3 Å². The molecule has 0 spiro atoms. The van der Waals surface area contributed by atoms with Crippen LogP contribution in [0.15, 0.2) is 59.6 Å². The minimum absolute atomic E-state index is 0.243. The third-order valence-electron chi connectivity index (χ3n) is 3.72. The highest BCUT2D eigenvalue weighted by atomic mass is 35.5. The van der Waals surface area contributed by atoms with Crippen LogP contribution in [0.3, 0.4) is 0 Å². The minimum atomic E-state index is -1.54. The number of carbonyl (C=O) groups excluding carboxylic acids is 2. The highest BCUT2D eigenvalue weighted by Crippen LogP contribution is 2.38. The van der Waals surface area contributed by atoms with E-state index in [0.717, 1.165) is 0 Å². The van der Waals surface area contributed by atoms with Crippen LogP contribution in [0.5, 0.6) is 0 Å². The molecule has 0 N–H and O–H groups in total. The molecule has 2 aromatic rings. The number of Topliss-reactive ketones (excluding diaryl/α,β-unsaturated/α-hetero) is 1. The number of rotatable bonds is 6. The molecule has 1 unspecified atom stereocenters. The predicted octanol–water partition coefficient (Wildman–Crippen LogP) is 4.07. The predicted molar refractivity (Wildman–Crippen MR) is 92.5 cm³/mol. The van der Waals surface area contributed by atoms with E-state index in [2.05, 4.69) is 4.99 Å². The van der Waals surface area contributed by atoms with E-state index < -0.39 is 11.7 Å². The number of ether oxygens (including phenoxy) is 1. The molecule has 5 heteroatoms. The van der Waals surface area contributed by atoms with E-state index in [9.17, 15) is 9.59 Å². The Balaban J connectivity index is 1.91. The SMILES string of the molecule is CCCC(=O)OC1(C(=O)c2ccccc2)N=C1c1ccc(Cl)cc1. The lowest BCUT2D eigenvalue weighted by Gasteiger charge is -2.15. The zero-order valence-electron chi connectivity index (χ0n) is 13.2. The van der Waals surface area contributed by atoms with Crippen molar-refractivity contribution in [3.8, 4) is 0 Å². The number of ketones is 1. The molecule has 122 valence electrons. The van der Waals surface area contributed by atoms with Gasteiger partial charge in [-0.25, -0.2) is 4.99 Å². The fourth-order valence-corrected chi connectivity index (χ4v) is 2.60. The summed E-state index contributed by atoms with van der Waals surface area (Å²) in [5.41, 5.74) is 0.0847. The first-order valence-corrected chi connectivity index (χ1v) is 8.12. The second-order valence-electron chi connectivity index (χ2n) is 5.53. The first-order chi connectivity index (χ1) is 11.6. The highest BCUT2D eigenvalue weighted by Gasteiger charge is 2.58. The van der Waals surface area contributed by atoms with E-state index >= 15 is 0 Å². The topological polar surface area (TPSA) is 55.7 Å². The van der Waals surface area contributed by atoms with Crippen molar-refractivity contribution >= 4 is 29.1 Å². The molecule has 0 radical (unpaired) electrons. The van der Waals surface area contributed by atoms with Crippen molar-refractivity contribution in [2.75, 3.05) is 0 Å². The van der Waals surface area contributed by atoms with Crippen LogP contribution in [0.4, 0.5) is 0 Å². The lowest BCUT2D eigenvalue weighted by molar-refractivity contribution is -0.148. The Morgan fingerprint density at radius 2 is 1.75 bits per heavy atom. The summed E-state index contributed by atoms with van der Waals surface area (Å²) in [4.78, 5) is 29.2. The van der Waals surface area contributed by atoms with Crippen LogP contribution in [0.25, 0.3) is 0 Å². The summed E-state index contributed by atoms with van der Waals surface area (Å²) < 4.78 is 5.48. The summed E-state index contributed by atoms with van der Waals surface area (Å²) in [6, 6.07) is 15.7. The van der Waals surface area contributed by atoms with Gasteiger partial charge in [0.2, 0.25) is 5.78 Å². The number of nitrogens with zero attached hydrogens (tertiary/aromatic N) is 1. The van der Waals surface area contributed by atoms with Gasteiger partial charge in [0.05, 0.1) is 0 Å². The van der Waals surface area contributed by atoms with Crippen molar-refractivity contribution < 1.29 is 14.3 Å². The summed E-state index contributed by atoms with van der Waals surface area (Å²) >= 11 is 5.90. The van der Waals surface area contributed by atoms with Gasteiger partial charge >= 0.3 is 11.7 Å². The van der Waals surface area contributed by atoms with Crippen molar-refractivity contribution in [3.05, 3.63) is 70.7 Å². The van der Waals surface area contributed by atoms with Gasteiger partial charge in [-0.3, -0.25) is 9.59 Å². The Hall–Kier alpha value is -2.46. The van der Waals surface area contributed by atoms with Gasteiger partial charge in [0.15, 0.2) is 0 Å². The quantitative estimate of drug-likeness (QED) is 0.588. The third kappa shape index (κ3) is 3.10. The molecule has 2 aromatic carbocycles. The Kier molecular flexibility index (Phi) is 4.49. The summed E-state index contributed by atoms with van der Waals surface area (Å²) in [6.07, 6.45) is 0.887. The molecule has 24 heavy (non-hydrogen) atoms. The number of aliphatic imine (C=N–C) groups is 1. The molecular weight excluding hydrogens is 326 g/mol. The lowest BCUT2D eigenvalue weighted by Crippen LogP contribution is -2.36.